The molecule has 0 aromatic heterocycles. The second kappa shape index (κ2) is 23.3. The van der Waals surface area contributed by atoms with E-state index in [4.69, 9.17) is 10.2 Å². The first-order valence-corrected chi connectivity index (χ1v) is 11.9. The van der Waals surface area contributed by atoms with Gasteiger partial charge in [-0.3, -0.25) is 4.79 Å². The Bertz CT molecular complexity index is 447. The molecule has 0 aliphatic carbocycles. The van der Waals surface area contributed by atoms with Gasteiger partial charge in [0.05, 0.1) is 12.2 Å². The van der Waals surface area contributed by atoms with E-state index in [1.807, 2.05) is 0 Å². The van der Waals surface area contributed by atoms with Crippen molar-refractivity contribution in [3.63, 3.8) is 0 Å². The van der Waals surface area contributed by atoms with Crippen LogP contribution in [0.2, 0.25) is 0 Å². The number of esters is 1. The van der Waals surface area contributed by atoms with Crippen LogP contribution in [0.25, 0.3) is 0 Å². The van der Waals surface area contributed by atoms with Crippen molar-refractivity contribution in [3.8, 4) is 0 Å². The van der Waals surface area contributed by atoms with E-state index in [0.717, 1.165) is 38.5 Å². The van der Waals surface area contributed by atoms with Crippen molar-refractivity contribution in [3.05, 3.63) is 19.1 Å². The molecule has 2 unspecified atom stereocenters. The number of aliphatic hydroxyl groups excluding tert-OH is 2. The maximum Gasteiger partial charge on any atom is 0.333 e. The van der Waals surface area contributed by atoms with Gasteiger partial charge in [-0.15, -0.1) is 0 Å². The third kappa shape index (κ3) is 28.6. The molecule has 6 heteroatoms. The van der Waals surface area contributed by atoms with E-state index in [1.165, 1.54) is 58.3 Å². The predicted molar refractivity (Wildman–Crippen MR) is 126 cm³/mol. The maximum absolute atomic E-state index is 10.6. The first kappa shape index (κ1) is 31.8. The Morgan fingerprint density at radius 2 is 1.29 bits per heavy atom. The molecule has 31 heavy (non-hydrogen) atoms. The first-order chi connectivity index (χ1) is 14.7. The highest BCUT2D eigenvalue weighted by atomic mass is 16.5. The Morgan fingerprint density at radius 1 is 0.839 bits per heavy atom. The lowest BCUT2D eigenvalue weighted by Gasteiger charge is -2.10. The number of carboxylic acid groups (broad SMARTS) is 1. The quantitative estimate of drug-likeness (QED) is 0.136. The summed E-state index contributed by atoms with van der Waals surface area (Å²) in [6.07, 6.45) is 15.4. The number of carboxylic acids is 1. The lowest BCUT2D eigenvalue weighted by molar-refractivity contribution is -0.141. The molecule has 0 spiro atoms. The minimum Gasteiger partial charge on any atom is -0.481 e. The zero-order valence-electron chi connectivity index (χ0n) is 19.9. The van der Waals surface area contributed by atoms with Crippen molar-refractivity contribution >= 4 is 11.9 Å². The second-order valence-electron chi connectivity index (χ2n) is 8.30. The van der Waals surface area contributed by atoms with Crippen LogP contribution in [0.1, 0.15) is 110 Å². The standard InChI is InChI=1S/C18H36O3.C7H11O3/c1-2-3-4-11-14-17(19)15-12-9-7-5-6-8-10-13-16-18(20)21;1-5(2)7(9)10-4-6(3)8/h17,19H,2-16H2,1H3,(H,20,21);6,8H,1,3-4H2,2H3. The average molecular weight is 444 g/mol. The van der Waals surface area contributed by atoms with Crippen LogP contribution in [0, 0.1) is 6.92 Å². The molecule has 0 saturated carbocycles. The minimum atomic E-state index is -0.858. The van der Waals surface area contributed by atoms with E-state index in [-0.39, 0.29) is 12.7 Å². The van der Waals surface area contributed by atoms with Gasteiger partial charge in [-0.1, -0.05) is 84.1 Å². The van der Waals surface area contributed by atoms with Gasteiger partial charge in [-0.2, -0.15) is 0 Å². The number of aliphatic hydroxyl groups is 2. The largest absolute Gasteiger partial charge is 0.481 e. The maximum atomic E-state index is 10.6. The highest BCUT2D eigenvalue weighted by Gasteiger charge is 2.04. The molecule has 2 atom stereocenters. The van der Waals surface area contributed by atoms with Crippen LogP contribution in [0.3, 0.4) is 0 Å². The number of ether oxygens (including phenoxy) is 1. The zero-order chi connectivity index (χ0) is 23.9. The highest BCUT2D eigenvalue weighted by molar-refractivity contribution is 5.86. The van der Waals surface area contributed by atoms with Crippen molar-refractivity contribution in [1.29, 1.82) is 0 Å². The smallest absolute Gasteiger partial charge is 0.333 e. The zero-order valence-corrected chi connectivity index (χ0v) is 19.9. The van der Waals surface area contributed by atoms with Crippen LogP contribution in [-0.2, 0) is 14.3 Å². The molecule has 0 aromatic carbocycles. The summed E-state index contributed by atoms with van der Waals surface area (Å²) in [5.41, 5.74) is 0.320. The van der Waals surface area contributed by atoms with Gasteiger partial charge >= 0.3 is 11.9 Å². The summed E-state index contributed by atoms with van der Waals surface area (Å²) in [5, 5.41) is 26.9. The number of hydrogen-bond acceptors (Lipinski definition) is 5. The van der Waals surface area contributed by atoms with Crippen molar-refractivity contribution < 1.29 is 29.6 Å². The van der Waals surface area contributed by atoms with E-state index in [0.29, 0.717) is 12.0 Å². The molecule has 0 aromatic rings. The van der Waals surface area contributed by atoms with Gasteiger partial charge in [0.15, 0.2) is 0 Å². The Hall–Kier alpha value is -1.40. The van der Waals surface area contributed by atoms with Gasteiger partial charge < -0.3 is 20.1 Å². The number of unbranched alkanes of at least 4 members (excludes halogenated alkanes) is 10. The van der Waals surface area contributed by atoms with E-state index in [2.05, 4.69) is 25.2 Å². The molecule has 0 amide bonds. The van der Waals surface area contributed by atoms with Gasteiger partial charge in [-0.05, 0) is 33.1 Å². The van der Waals surface area contributed by atoms with Crippen LogP contribution in [0.15, 0.2) is 12.2 Å². The van der Waals surface area contributed by atoms with Gasteiger partial charge in [-0.25, -0.2) is 4.79 Å². The molecular weight excluding hydrogens is 396 g/mol. The van der Waals surface area contributed by atoms with Crippen LogP contribution in [0.5, 0.6) is 0 Å². The summed E-state index contributed by atoms with van der Waals surface area (Å²) >= 11 is 0. The molecule has 0 bridgehead atoms. The summed E-state index contributed by atoms with van der Waals surface area (Å²) in [5.74, 6) is -1.18. The summed E-state index contributed by atoms with van der Waals surface area (Å²) in [6, 6.07) is 0. The molecule has 0 aliphatic heterocycles. The fourth-order valence-corrected chi connectivity index (χ4v) is 2.96. The van der Waals surface area contributed by atoms with Crippen molar-refractivity contribution in [2.24, 2.45) is 0 Å². The topological polar surface area (TPSA) is 104 Å². The number of carbonyl (C=O) groups excluding carboxylic acids is 1. The Labute approximate surface area is 190 Å². The molecule has 6 nitrogen and oxygen atoms in total. The summed E-state index contributed by atoms with van der Waals surface area (Å²) in [6.45, 7) is 10.2. The Kier molecular flexibility index (Phi) is 23.9. The summed E-state index contributed by atoms with van der Waals surface area (Å²) < 4.78 is 4.51. The average Bonchev–Trinajstić information content (AvgIpc) is 2.70. The monoisotopic (exact) mass is 443 g/mol. The van der Waals surface area contributed by atoms with E-state index in [9.17, 15) is 14.7 Å². The van der Waals surface area contributed by atoms with Crippen molar-refractivity contribution in [1.82, 2.24) is 0 Å². The van der Waals surface area contributed by atoms with Crippen LogP contribution < -0.4 is 0 Å². The van der Waals surface area contributed by atoms with Crippen LogP contribution in [0.4, 0.5) is 0 Å². The van der Waals surface area contributed by atoms with Crippen LogP contribution in [-0.4, -0.2) is 46.1 Å². The molecule has 0 fully saturated rings. The fraction of sp³-hybridized carbons (Fsp3) is 0.800. The van der Waals surface area contributed by atoms with Gasteiger partial charge in [0.25, 0.3) is 0 Å². The number of hydrogen-bond donors (Lipinski definition) is 3. The SMILES string of the molecule is CCCCCCC(O)CCCCCCCCCCC(=O)O.[CH2]C(O)COC(=O)C(=C)C. The van der Waals surface area contributed by atoms with E-state index < -0.39 is 18.0 Å². The lowest BCUT2D eigenvalue weighted by Crippen LogP contribution is -2.15. The normalized spacial score (nSPS) is 12.4. The minimum absolute atomic E-state index is 0.0777. The third-order valence-electron chi connectivity index (χ3n) is 4.82. The summed E-state index contributed by atoms with van der Waals surface area (Å²) in [7, 11) is 0. The first-order valence-electron chi connectivity index (χ1n) is 11.9. The highest BCUT2D eigenvalue weighted by Crippen LogP contribution is 2.14. The Balaban J connectivity index is 0. The molecule has 0 heterocycles. The molecule has 1 radical (unpaired) electrons. The molecule has 183 valence electrons. The van der Waals surface area contributed by atoms with Gasteiger partial charge in [0.1, 0.15) is 6.61 Å². The van der Waals surface area contributed by atoms with Crippen molar-refractivity contribution in [2.75, 3.05) is 6.61 Å². The van der Waals surface area contributed by atoms with E-state index >= 15 is 0 Å². The van der Waals surface area contributed by atoms with Crippen molar-refractivity contribution in [2.45, 2.75) is 122 Å². The lowest BCUT2D eigenvalue weighted by atomic mass is 10.0. The van der Waals surface area contributed by atoms with Gasteiger partial charge in [0.2, 0.25) is 0 Å². The summed E-state index contributed by atoms with van der Waals surface area (Å²) in [4.78, 5) is 20.9. The Morgan fingerprint density at radius 3 is 1.71 bits per heavy atom. The number of carbonyl (C=O) groups is 2. The molecule has 0 rings (SSSR count). The molecule has 0 saturated heterocycles. The third-order valence-corrected chi connectivity index (χ3v) is 4.82. The van der Waals surface area contributed by atoms with Gasteiger partial charge in [0, 0.05) is 12.0 Å². The van der Waals surface area contributed by atoms with E-state index in [1.54, 1.807) is 0 Å². The second-order valence-corrected chi connectivity index (χ2v) is 8.30. The predicted octanol–water partition coefficient (Wildman–Crippen LogP) is 5.60. The number of aliphatic carboxylic acids is 1. The van der Waals surface area contributed by atoms with Crippen LogP contribution >= 0.6 is 0 Å². The molecule has 0 aliphatic rings. The molecular formula is C25H47O6. The fourth-order valence-electron chi connectivity index (χ4n) is 2.96. The molecule has 3 N–H and O–H groups in total. The number of rotatable bonds is 19.